The van der Waals surface area contributed by atoms with E-state index in [9.17, 15) is 14.4 Å². The van der Waals surface area contributed by atoms with E-state index < -0.39 is 11.2 Å². The molecule has 3 heterocycles. The number of carbonyl (C=O) groups is 1. The number of hydrogen-bond acceptors (Lipinski definition) is 6. The van der Waals surface area contributed by atoms with E-state index in [-0.39, 0.29) is 30.6 Å². The van der Waals surface area contributed by atoms with Gasteiger partial charge in [-0.05, 0) is 36.9 Å². The summed E-state index contributed by atoms with van der Waals surface area (Å²) in [4.78, 5) is 38.4. The third-order valence-corrected chi connectivity index (χ3v) is 5.64. The minimum atomic E-state index is -0.517. The van der Waals surface area contributed by atoms with Gasteiger partial charge in [-0.25, -0.2) is 4.79 Å². The molecule has 1 aromatic carbocycles. The van der Waals surface area contributed by atoms with E-state index in [1.807, 2.05) is 31.2 Å². The number of carbonyl (C=O) groups excluding carboxylic acids is 1. The SMILES string of the molecule is Cc1cccc(Cn2c(=O)c3nscc3n(CC(=O)NC[C@@H]3CCCO3)c2=O)c1. The molecule has 1 aliphatic heterocycles. The smallest absolute Gasteiger partial charge is 0.332 e. The van der Waals surface area contributed by atoms with Crippen molar-refractivity contribution in [3.05, 3.63) is 61.6 Å². The zero-order valence-electron chi connectivity index (χ0n) is 16.1. The number of aryl methyl sites for hydroxylation is 1. The molecule has 29 heavy (non-hydrogen) atoms. The first-order valence-electron chi connectivity index (χ1n) is 9.54. The third-order valence-electron chi connectivity index (χ3n) is 5.03. The van der Waals surface area contributed by atoms with Gasteiger partial charge in [0.05, 0.1) is 18.2 Å². The molecule has 0 unspecified atom stereocenters. The molecule has 0 saturated carbocycles. The van der Waals surface area contributed by atoms with Crippen molar-refractivity contribution in [2.45, 2.75) is 39.0 Å². The Labute approximate surface area is 170 Å². The molecule has 0 radical (unpaired) electrons. The van der Waals surface area contributed by atoms with Crippen molar-refractivity contribution < 1.29 is 9.53 Å². The van der Waals surface area contributed by atoms with Crippen LogP contribution in [0.25, 0.3) is 11.0 Å². The van der Waals surface area contributed by atoms with Crippen LogP contribution in [-0.4, -0.2) is 38.7 Å². The summed E-state index contributed by atoms with van der Waals surface area (Å²) >= 11 is 1.09. The van der Waals surface area contributed by atoms with Gasteiger partial charge in [-0.15, -0.1) is 0 Å². The molecule has 0 aliphatic carbocycles. The summed E-state index contributed by atoms with van der Waals surface area (Å²) in [5.41, 5.74) is 1.51. The Bertz CT molecular complexity index is 1160. The van der Waals surface area contributed by atoms with Gasteiger partial charge in [0.1, 0.15) is 6.54 Å². The summed E-state index contributed by atoms with van der Waals surface area (Å²) in [7, 11) is 0. The lowest BCUT2D eigenvalue weighted by molar-refractivity contribution is -0.122. The zero-order valence-corrected chi connectivity index (χ0v) is 16.9. The van der Waals surface area contributed by atoms with Crippen LogP contribution in [0.1, 0.15) is 24.0 Å². The Hall–Kier alpha value is -2.78. The number of ether oxygens (including phenoxy) is 1. The van der Waals surface area contributed by atoms with E-state index in [1.165, 1.54) is 4.57 Å². The second-order valence-corrected chi connectivity index (χ2v) is 7.87. The Morgan fingerprint density at radius 3 is 2.97 bits per heavy atom. The van der Waals surface area contributed by atoms with Gasteiger partial charge < -0.3 is 10.1 Å². The lowest BCUT2D eigenvalue weighted by Crippen LogP contribution is -2.43. The summed E-state index contributed by atoms with van der Waals surface area (Å²) in [5.74, 6) is -0.296. The van der Waals surface area contributed by atoms with Crippen LogP contribution in [0.5, 0.6) is 0 Å². The lowest BCUT2D eigenvalue weighted by Gasteiger charge is -2.14. The van der Waals surface area contributed by atoms with E-state index in [2.05, 4.69) is 9.69 Å². The highest BCUT2D eigenvalue weighted by molar-refractivity contribution is 7.04. The van der Waals surface area contributed by atoms with Gasteiger partial charge in [0.2, 0.25) is 5.91 Å². The number of benzene rings is 1. The second kappa shape index (κ2) is 8.30. The van der Waals surface area contributed by atoms with E-state index in [0.29, 0.717) is 18.7 Å². The predicted molar refractivity (Wildman–Crippen MR) is 110 cm³/mol. The first kappa shape index (κ1) is 19.5. The van der Waals surface area contributed by atoms with Gasteiger partial charge in [0, 0.05) is 18.5 Å². The van der Waals surface area contributed by atoms with Crippen molar-refractivity contribution in [3.8, 4) is 0 Å². The number of nitrogens with one attached hydrogen (secondary N) is 1. The molecule has 152 valence electrons. The maximum atomic E-state index is 13.1. The van der Waals surface area contributed by atoms with Crippen LogP contribution in [0, 0.1) is 6.92 Å². The number of hydrogen-bond donors (Lipinski definition) is 1. The first-order valence-corrected chi connectivity index (χ1v) is 10.4. The molecule has 0 bridgehead atoms. The normalized spacial score (nSPS) is 16.4. The highest BCUT2D eigenvalue weighted by Crippen LogP contribution is 2.12. The van der Waals surface area contributed by atoms with Gasteiger partial charge in [-0.2, -0.15) is 4.37 Å². The van der Waals surface area contributed by atoms with Crippen LogP contribution in [0.4, 0.5) is 0 Å². The van der Waals surface area contributed by atoms with E-state index in [1.54, 1.807) is 5.38 Å². The number of fused-ring (bicyclic) bond motifs is 1. The quantitative estimate of drug-likeness (QED) is 0.656. The summed E-state index contributed by atoms with van der Waals surface area (Å²) in [6, 6.07) is 7.62. The Kier molecular flexibility index (Phi) is 5.59. The molecule has 8 nitrogen and oxygen atoms in total. The molecule has 1 N–H and O–H groups in total. The molecule has 1 atom stereocenters. The van der Waals surface area contributed by atoms with Crippen molar-refractivity contribution in [3.63, 3.8) is 0 Å². The maximum Gasteiger partial charge on any atom is 0.332 e. The standard InChI is InChI=1S/C20H22N4O4S/c1-13-4-2-5-14(8-13)10-24-19(26)18-16(12-29-22-18)23(20(24)27)11-17(25)21-9-15-6-3-7-28-15/h2,4-5,8,12,15H,3,6-7,9-11H2,1H3,(H,21,25)/t15-/m0/s1. The van der Waals surface area contributed by atoms with Crippen molar-refractivity contribution >= 4 is 28.5 Å². The van der Waals surface area contributed by atoms with Crippen LogP contribution < -0.4 is 16.6 Å². The van der Waals surface area contributed by atoms with E-state index in [0.717, 1.165) is 40.1 Å². The molecule has 3 aromatic rings. The molecule has 4 rings (SSSR count). The van der Waals surface area contributed by atoms with Crippen molar-refractivity contribution in [1.29, 1.82) is 0 Å². The summed E-state index contributed by atoms with van der Waals surface area (Å²) in [6.07, 6.45) is 1.93. The average Bonchev–Trinajstić information content (AvgIpc) is 3.39. The Balaban J connectivity index is 1.64. The maximum absolute atomic E-state index is 13.1. The second-order valence-electron chi connectivity index (χ2n) is 7.24. The molecule has 1 saturated heterocycles. The Morgan fingerprint density at radius 2 is 2.21 bits per heavy atom. The minimum Gasteiger partial charge on any atom is -0.376 e. The summed E-state index contributed by atoms with van der Waals surface area (Å²) in [5, 5.41) is 4.45. The largest absolute Gasteiger partial charge is 0.376 e. The van der Waals surface area contributed by atoms with Crippen molar-refractivity contribution in [1.82, 2.24) is 18.8 Å². The molecule has 1 amide bonds. The lowest BCUT2D eigenvalue weighted by atomic mass is 10.1. The van der Waals surface area contributed by atoms with Gasteiger partial charge in [0.25, 0.3) is 5.56 Å². The van der Waals surface area contributed by atoms with Crippen molar-refractivity contribution in [2.75, 3.05) is 13.2 Å². The molecule has 0 spiro atoms. The van der Waals surface area contributed by atoms with E-state index >= 15 is 0 Å². The number of amides is 1. The number of rotatable bonds is 6. The highest BCUT2D eigenvalue weighted by Gasteiger charge is 2.19. The molecule has 2 aromatic heterocycles. The summed E-state index contributed by atoms with van der Waals surface area (Å²) in [6.45, 7) is 3.04. The van der Waals surface area contributed by atoms with Gasteiger partial charge in [-0.3, -0.25) is 18.7 Å². The van der Waals surface area contributed by atoms with Gasteiger partial charge in [-0.1, -0.05) is 29.8 Å². The zero-order chi connectivity index (χ0) is 20.4. The van der Waals surface area contributed by atoms with Gasteiger partial charge in [0.15, 0.2) is 5.52 Å². The Morgan fingerprint density at radius 1 is 1.34 bits per heavy atom. The van der Waals surface area contributed by atoms with E-state index in [4.69, 9.17) is 4.74 Å². The monoisotopic (exact) mass is 414 g/mol. The molecular weight excluding hydrogens is 392 g/mol. The van der Waals surface area contributed by atoms with Crippen LogP contribution >= 0.6 is 11.5 Å². The molecule has 9 heteroatoms. The highest BCUT2D eigenvalue weighted by atomic mass is 32.1. The topological polar surface area (TPSA) is 95.2 Å². The molecular formula is C20H22N4O4S. The minimum absolute atomic E-state index is 0.0220. The first-order chi connectivity index (χ1) is 14.0. The van der Waals surface area contributed by atoms with Crippen LogP contribution in [0.2, 0.25) is 0 Å². The fourth-order valence-corrected chi connectivity index (χ4v) is 4.22. The van der Waals surface area contributed by atoms with Gasteiger partial charge >= 0.3 is 5.69 Å². The van der Waals surface area contributed by atoms with Crippen molar-refractivity contribution in [2.24, 2.45) is 0 Å². The number of nitrogens with zero attached hydrogens (tertiary/aromatic N) is 3. The molecule has 1 fully saturated rings. The van der Waals surface area contributed by atoms with Crippen LogP contribution in [-0.2, 0) is 22.6 Å². The van der Waals surface area contributed by atoms with Crippen LogP contribution in [0.15, 0.2) is 39.2 Å². The third kappa shape index (κ3) is 4.15. The fraction of sp³-hybridized carbons (Fsp3) is 0.400. The fourth-order valence-electron chi connectivity index (χ4n) is 3.55. The summed E-state index contributed by atoms with van der Waals surface area (Å²) < 4.78 is 12.1. The predicted octanol–water partition coefficient (Wildman–Crippen LogP) is 1.27. The van der Waals surface area contributed by atoms with Crippen LogP contribution in [0.3, 0.4) is 0 Å². The molecule has 1 aliphatic rings. The number of aromatic nitrogens is 3. The average molecular weight is 414 g/mol.